The first-order valence-electron chi connectivity index (χ1n) is 15.4. The molecular formula is C33H27BrF5N7O3S. The third kappa shape index (κ3) is 5.50. The van der Waals surface area contributed by atoms with Crippen molar-refractivity contribution < 1.29 is 26.7 Å². The average Bonchev–Trinajstić information content (AvgIpc) is 3.26. The van der Waals surface area contributed by atoms with E-state index in [4.69, 9.17) is 0 Å². The molecular weight excluding hydrogens is 749 g/mol. The molecule has 5 heterocycles. The van der Waals surface area contributed by atoms with E-state index in [1.165, 1.54) is 25.9 Å². The number of amides is 1. The fourth-order valence-electron chi connectivity index (χ4n) is 6.95. The van der Waals surface area contributed by atoms with Crippen LogP contribution in [-0.4, -0.2) is 65.5 Å². The summed E-state index contributed by atoms with van der Waals surface area (Å²) in [4.78, 5) is 47.6. The van der Waals surface area contributed by atoms with Gasteiger partial charge in [0, 0.05) is 64.6 Å². The molecule has 1 saturated heterocycles. The highest BCUT2D eigenvalue weighted by atomic mass is 79.9. The zero-order chi connectivity index (χ0) is 35.8. The Morgan fingerprint density at radius 1 is 1.06 bits per heavy atom. The van der Waals surface area contributed by atoms with Crippen molar-refractivity contribution in [2.75, 3.05) is 23.7 Å². The number of fused-ring (bicyclic) bond motifs is 1. The van der Waals surface area contributed by atoms with Crippen molar-refractivity contribution >= 4 is 56.0 Å². The molecule has 0 saturated carbocycles. The number of rotatable bonds is 4. The number of hydrogen-bond acceptors (Lipinski definition) is 7. The second-order valence-corrected chi connectivity index (χ2v) is 14.2. The molecule has 50 heavy (non-hydrogen) atoms. The van der Waals surface area contributed by atoms with Gasteiger partial charge in [-0.15, -0.1) is 16.9 Å². The molecule has 0 radical (unpaired) electrons. The van der Waals surface area contributed by atoms with Gasteiger partial charge in [-0.3, -0.25) is 13.8 Å². The van der Waals surface area contributed by atoms with Crippen LogP contribution in [0.5, 0.6) is 0 Å². The summed E-state index contributed by atoms with van der Waals surface area (Å²) in [7, 11) is 0. The van der Waals surface area contributed by atoms with Crippen molar-refractivity contribution in [3.63, 3.8) is 0 Å². The molecule has 0 N–H and O–H groups in total. The van der Waals surface area contributed by atoms with Gasteiger partial charge in [-0.1, -0.05) is 12.6 Å². The largest absolute Gasteiger partial charge is 0.417 e. The molecule has 3 aromatic heterocycles. The van der Waals surface area contributed by atoms with Gasteiger partial charge in [0.05, 0.1) is 28.1 Å². The maximum Gasteiger partial charge on any atom is 0.417 e. The maximum atomic E-state index is 15.6. The summed E-state index contributed by atoms with van der Waals surface area (Å²) in [5.41, 5.74) is -3.29. The molecule has 260 valence electrons. The first kappa shape index (κ1) is 34.0. The maximum absolute atomic E-state index is 15.6. The van der Waals surface area contributed by atoms with Gasteiger partial charge in [0.15, 0.2) is 5.65 Å². The van der Waals surface area contributed by atoms with Crippen molar-refractivity contribution in [1.29, 1.82) is 0 Å². The molecule has 3 atom stereocenters. The molecule has 2 aliphatic heterocycles. The van der Waals surface area contributed by atoms with E-state index in [9.17, 15) is 18.8 Å². The van der Waals surface area contributed by atoms with E-state index < -0.39 is 64.0 Å². The van der Waals surface area contributed by atoms with Crippen molar-refractivity contribution in [3.8, 4) is 11.1 Å². The lowest BCUT2D eigenvalue weighted by atomic mass is 9.95. The van der Waals surface area contributed by atoms with E-state index in [1.807, 2.05) is 0 Å². The summed E-state index contributed by atoms with van der Waals surface area (Å²) in [6.07, 6.45) is -2.33. The number of thioether (sulfide) groups is 1. The number of carbonyl (C=O) groups excluding carboxylic acids is 1. The lowest BCUT2D eigenvalue weighted by Gasteiger charge is -2.44. The molecule has 10 nitrogen and oxygen atoms in total. The highest BCUT2D eigenvalue weighted by molar-refractivity contribution is 9.10. The molecule has 1 unspecified atom stereocenters. The van der Waals surface area contributed by atoms with Crippen LogP contribution >= 0.6 is 27.7 Å². The van der Waals surface area contributed by atoms with Crippen LogP contribution in [0.2, 0.25) is 0 Å². The number of piperazine rings is 1. The van der Waals surface area contributed by atoms with Crippen molar-refractivity contribution in [1.82, 2.24) is 28.6 Å². The van der Waals surface area contributed by atoms with Crippen LogP contribution in [-0.2, 0) is 17.5 Å². The standard InChI is InChI=1S/C33H27BrF5N7O3S/c1-4-26(47)45-16(2)12-42(13-17(45)3)30-20-9-21(33(37,38)39)27(19-10-22(34)24(36)11-23(19)35)29-28(20)44(31(48)40-30)14-18(15-50-29)46-32(49)43-8-6-5-7-25(43)41-46/h4-11,16-18H,1,12-15H2,2-3H3/t16-,17+,18?. The Bertz CT molecular complexity index is 2350. The highest BCUT2D eigenvalue weighted by Gasteiger charge is 2.41. The number of anilines is 1. The van der Waals surface area contributed by atoms with Crippen molar-refractivity contribution in [3.05, 3.63) is 97.9 Å². The predicted octanol–water partition coefficient (Wildman–Crippen LogP) is 5.89. The molecule has 1 amide bonds. The van der Waals surface area contributed by atoms with E-state index in [-0.39, 0.29) is 57.4 Å². The molecule has 0 spiro atoms. The monoisotopic (exact) mass is 775 g/mol. The first-order valence-corrected chi connectivity index (χ1v) is 17.2. The minimum absolute atomic E-state index is 0.0318. The Morgan fingerprint density at radius 2 is 1.78 bits per heavy atom. The van der Waals surface area contributed by atoms with Gasteiger partial charge >= 0.3 is 17.6 Å². The fraction of sp³-hybridized carbons (Fsp3) is 0.303. The number of aromatic nitrogens is 5. The molecule has 0 aliphatic carbocycles. The summed E-state index contributed by atoms with van der Waals surface area (Å²) in [6.45, 7) is 7.19. The number of benzene rings is 2. The second kappa shape index (κ2) is 12.4. The van der Waals surface area contributed by atoms with Crippen LogP contribution < -0.4 is 16.3 Å². The number of carbonyl (C=O) groups is 1. The van der Waals surface area contributed by atoms with E-state index in [0.717, 1.165) is 23.9 Å². The van der Waals surface area contributed by atoms with Gasteiger partial charge in [-0.25, -0.2) is 23.1 Å². The Hall–Kier alpha value is -4.51. The van der Waals surface area contributed by atoms with Gasteiger partial charge in [-0.05, 0) is 60.1 Å². The number of hydrogen-bond donors (Lipinski definition) is 0. The van der Waals surface area contributed by atoms with Crippen LogP contribution in [0.3, 0.4) is 0 Å². The summed E-state index contributed by atoms with van der Waals surface area (Å²) in [5.74, 6) is -2.63. The van der Waals surface area contributed by atoms with Crippen LogP contribution in [0.1, 0.15) is 25.5 Å². The SMILES string of the molecule is C=CC(=O)N1[C@H](C)CN(c2nc(=O)n3c4c(c(-c5cc(Br)c(F)cc5F)c(C(F)(F)F)cc24)SCC(n2nc4ccccn4c2=O)C3)C[C@@H]1C. The van der Waals surface area contributed by atoms with Crippen LogP contribution in [0.25, 0.3) is 27.7 Å². The van der Waals surface area contributed by atoms with Gasteiger partial charge < -0.3 is 9.80 Å². The number of nitrogens with zero attached hydrogens (tertiary/aromatic N) is 7. The van der Waals surface area contributed by atoms with Crippen molar-refractivity contribution in [2.45, 2.75) is 49.6 Å². The average molecular weight is 777 g/mol. The van der Waals surface area contributed by atoms with Crippen LogP contribution in [0.15, 0.2) is 74.2 Å². The van der Waals surface area contributed by atoms with Gasteiger partial charge in [-0.2, -0.15) is 18.2 Å². The third-order valence-electron chi connectivity index (χ3n) is 9.04. The summed E-state index contributed by atoms with van der Waals surface area (Å²) in [5, 5.41) is 4.39. The summed E-state index contributed by atoms with van der Waals surface area (Å²) < 4.78 is 78.8. The first-order chi connectivity index (χ1) is 23.7. The quantitative estimate of drug-likeness (QED) is 0.128. The molecule has 2 aliphatic rings. The van der Waals surface area contributed by atoms with E-state index in [2.05, 4.69) is 32.6 Å². The smallest absolute Gasteiger partial charge is 0.352 e. The molecule has 7 rings (SSSR count). The topological polar surface area (TPSA) is 97.7 Å². The predicted molar refractivity (Wildman–Crippen MR) is 181 cm³/mol. The fourth-order valence-corrected chi connectivity index (χ4v) is 8.62. The van der Waals surface area contributed by atoms with E-state index in [1.54, 1.807) is 41.8 Å². The van der Waals surface area contributed by atoms with Gasteiger partial charge in [0.2, 0.25) is 5.91 Å². The van der Waals surface area contributed by atoms with E-state index in [0.29, 0.717) is 11.7 Å². The van der Waals surface area contributed by atoms with Crippen LogP contribution in [0, 0.1) is 11.6 Å². The number of alkyl halides is 3. The normalized spacial score (nSPS) is 19.6. The second-order valence-electron chi connectivity index (χ2n) is 12.3. The minimum Gasteiger partial charge on any atom is -0.352 e. The van der Waals surface area contributed by atoms with Crippen LogP contribution in [0.4, 0.5) is 27.8 Å². The van der Waals surface area contributed by atoms with Gasteiger partial charge in [0.1, 0.15) is 17.5 Å². The van der Waals surface area contributed by atoms with E-state index >= 15 is 17.6 Å². The molecule has 2 aromatic carbocycles. The number of halogens is 6. The Morgan fingerprint density at radius 3 is 2.44 bits per heavy atom. The zero-order valence-corrected chi connectivity index (χ0v) is 28.8. The summed E-state index contributed by atoms with van der Waals surface area (Å²) in [6, 6.07) is 5.54. The zero-order valence-electron chi connectivity index (χ0n) is 26.4. The molecule has 1 fully saturated rings. The number of pyridine rings is 1. The third-order valence-corrected chi connectivity index (χ3v) is 10.9. The lowest BCUT2D eigenvalue weighted by Crippen LogP contribution is -2.58. The lowest BCUT2D eigenvalue weighted by molar-refractivity contribution is -0.137. The summed E-state index contributed by atoms with van der Waals surface area (Å²) >= 11 is 3.89. The highest BCUT2D eigenvalue weighted by Crippen LogP contribution is 2.50. The van der Waals surface area contributed by atoms with Gasteiger partial charge in [0.25, 0.3) is 0 Å². The Balaban J connectivity index is 1.52. The Kier molecular flexibility index (Phi) is 8.40. The minimum atomic E-state index is -5.04. The van der Waals surface area contributed by atoms with Crippen molar-refractivity contribution in [2.24, 2.45) is 0 Å². The Labute approximate surface area is 292 Å². The molecule has 0 bridgehead atoms. The molecule has 5 aromatic rings. The molecule has 17 heteroatoms.